The van der Waals surface area contributed by atoms with Gasteiger partial charge in [0.2, 0.25) is 5.91 Å². The Morgan fingerprint density at radius 2 is 0.823 bits per heavy atom. The van der Waals surface area contributed by atoms with Gasteiger partial charge in [0.25, 0.3) is 0 Å². The summed E-state index contributed by atoms with van der Waals surface area (Å²) in [5.74, 6) is -0.178. The van der Waals surface area contributed by atoms with E-state index >= 15 is 0 Å². The van der Waals surface area contributed by atoms with Gasteiger partial charge in [0.15, 0.2) is 6.29 Å². The van der Waals surface area contributed by atoms with Crippen molar-refractivity contribution in [2.45, 2.75) is 378 Å². The highest BCUT2D eigenvalue weighted by Crippen LogP contribution is 2.23. The SMILES string of the molecule is CCCCCCCC/C=C/CC/C=C/C(O)C(COC1OC(CO)C(O)C(O)C1O)NC(=O)CCCCCCCCCCCCCCCCCCCCCCCCCCCCCCOC(=O)CCCCCCCCCCCCC. The summed E-state index contributed by atoms with van der Waals surface area (Å²) in [6.45, 7) is 4.34. The number of ether oxygens (including phenoxy) is 3. The Morgan fingerprint density at radius 3 is 1.25 bits per heavy atom. The van der Waals surface area contributed by atoms with E-state index in [9.17, 15) is 35.1 Å². The molecule has 79 heavy (non-hydrogen) atoms. The number of allylic oxidation sites excluding steroid dienone is 3. The second-order valence-electron chi connectivity index (χ2n) is 23.9. The topological polar surface area (TPSA) is 175 Å². The second kappa shape index (κ2) is 57.9. The van der Waals surface area contributed by atoms with Crippen molar-refractivity contribution in [3.8, 4) is 0 Å². The molecule has 7 unspecified atom stereocenters. The van der Waals surface area contributed by atoms with Crippen molar-refractivity contribution in [3.05, 3.63) is 24.3 Å². The Bertz CT molecular complexity index is 1360. The number of rotatable bonds is 60. The van der Waals surface area contributed by atoms with Gasteiger partial charge in [0.1, 0.15) is 24.4 Å². The van der Waals surface area contributed by atoms with Crippen LogP contribution < -0.4 is 5.32 Å². The van der Waals surface area contributed by atoms with Gasteiger partial charge in [-0.1, -0.05) is 301 Å². The monoisotopic (exact) mass is 1120 g/mol. The number of hydrogen-bond acceptors (Lipinski definition) is 10. The molecule has 0 saturated carbocycles. The van der Waals surface area contributed by atoms with Crippen LogP contribution in [0.4, 0.5) is 0 Å². The zero-order valence-electron chi connectivity index (χ0n) is 51.6. The minimum atomic E-state index is -1.57. The number of nitrogens with one attached hydrogen (secondary N) is 1. The quantitative estimate of drug-likeness (QED) is 0.0195. The summed E-state index contributed by atoms with van der Waals surface area (Å²) in [5, 5.41) is 54.4. The molecule has 0 spiro atoms. The van der Waals surface area contributed by atoms with Crippen LogP contribution in [0.5, 0.6) is 0 Å². The first-order valence-corrected chi connectivity index (χ1v) is 34.1. The second-order valence-corrected chi connectivity index (χ2v) is 23.9. The number of hydrogen-bond donors (Lipinski definition) is 6. The van der Waals surface area contributed by atoms with E-state index in [2.05, 4.69) is 31.3 Å². The molecule has 0 aromatic rings. The molecule has 1 fully saturated rings. The number of carbonyl (C=O) groups excluding carboxylic acids is 2. The Morgan fingerprint density at radius 1 is 0.456 bits per heavy atom. The molecule has 1 aliphatic rings. The summed E-state index contributed by atoms with van der Waals surface area (Å²) in [6.07, 6.45) is 61.7. The van der Waals surface area contributed by atoms with Gasteiger partial charge in [-0.3, -0.25) is 9.59 Å². The van der Waals surface area contributed by atoms with Gasteiger partial charge >= 0.3 is 5.97 Å². The number of aliphatic hydroxyl groups is 5. The first-order chi connectivity index (χ1) is 38.7. The maximum atomic E-state index is 13.0. The number of aliphatic hydroxyl groups excluding tert-OH is 5. The smallest absolute Gasteiger partial charge is 0.305 e. The minimum absolute atomic E-state index is 0.00949. The molecule has 1 rings (SSSR count). The molecule has 0 bridgehead atoms. The van der Waals surface area contributed by atoms with Crippen LogP contribution in [-0.2, 0) is 23.8 Å². The third kappa shape index (κ3) is 47.2. The Labute approximate surface area is 486 Å². The fourth-order valence-electron chi connectivity index (χ4n) is 10.9. The largest absolute Gasteiger partial charge is 0.466 e. The summed E-state index contributed by atoms with van der Waals surface area (Å²) in [4.78, 5) is 25.1. The number of carbonyl (C=O) groups is 2. The lowest BCUT2D eigenvalue weighted by Crippen LogP contribution is -2.60. The molecule has 11 heteroatoms. The van der Waals surface area contributed by atoms with Gasteiger partial charge in [-0.15, -0.1) is 0 Å². The molecular weight excluding hydrogens is 991 g/mol. The molecule has 11 nitrogen and oxygen atoms in total. The molecule has 7 atom stereocenters. The van der Waals surface area contributed by atoms with Crippen molar-refractivity contribution < 1.29 is 49.3 Å². The van der Waals surface area contributed by atoms with Crippen molar-refractivity contribution in [1.82, 2.24) is 5.32 Å². The fraction of sp³-hybridized carbons (Fsp3) is 0.912. The van der Waals surface area contributed by atoms with E-state index in [1.54, 1.807) is 6.08 Å². The zero-order valence-corrected chi connectivity index (χ0v) is 51.6. The predicted molar refractivity (Wildman–Crippen MR) is 329 cm³/mol. The van der Waals surface area contributed by atoms with E-state index in [1.807, 2.05) is 6.08 Å². The summed E-state index contributed by atoms with van der Waals surface area (Å²) < 4.78 is 16.7. The lowest BCUT2D eigenvalue weighted by Gasteiger charge is -2.40. The van der Waals surface area contributed by atoms with Gasteiger partial charge in [0.05, 0.1) is 32.0 Å². The van der Waals surface area contributed by atoms with Crippen LogP contribution in [0, 0.1) is 0 Å². The van der Waals surface area contributed by atoms with Crippen LogP contribution in [0.3, 0.4) is 0 Å². The molecule has 0 aliphatic carbocycles. The van der Waals surface area contributed by atoms with Crippen LogP contribution in [-0.4, -0.2) is 100 Å². The molecule has 1 heterocycles. The highest BCUT2D eigenvalue weighted by molar-refractivity contribution is 5.76. The maximum Gasteiger partial charge on any atom is 0.305 e. The molecular formula is C68H129NO10. The number of amides is 1. The first kappa shape index (κ1) is 75.2. The summed E-state index contributed by atoms with van der Waals surface area (Å²) in [7, 11) is 0. The minimum Gasteiger partial charge on any atom is -0.466 e. The molecule has 0 aromatic carbocycles. The van der Waals surface area contributed by atoms with Crippen molar-refractivity contribution in [3.63, 3.8) is 0 Å². The van der Waals surface area contributed by atoms with Crippen molar-refractivity contribution in [2.24, 2.45) is 0 Å². The molecule has 1 aliphatic heterocycles. The Hall–Kier alpha value is -1.86. The van der Waals surface area contributed by atoms with Crippen LogP contribution in [0.25, 0.3) is 0 Å². The Balaban J connectivity index is 1.97. The molecule has 6 N–H and O–H groups in total. The first-order valence-electron chi connectivity index (χ1n) is 34.1. The normalized spacial score (nSPS) is 18.5. The van der Waals surface area contributed by atoms with Crippen molar-refractivity contribution >= 4 is 11.9 Å². The molecule has 466 valence electrons. The zero-order chi connectivity index (χ0) is 57.3. The lowest BCUT2D eigenvalue weighted by molar-refractivity contribution is -0.302. The summed E-state index contributed by atoms with van der Waals surface area (Å²) in [6, 6.07) is -0.824. The van der Waals surface area contributed by atoms with Crippen molar-refractivity contribution in [2.75, 3.05) is 19.8 Å². The van der Waals surface area contributed by atoms with Gasteiger partial charge in [-0.2, -0.15) is 0 Å². The van der Waals surface area contributed by atoms with Gasteiger partial charge in [-0.25, -0.2) is 0 Å². The number of esters is 1. The highest BCUT2D eigenvalue weighted by Gasteiger charge is 2.44. The third-order valence-corrected chi connectivity index (χ3v) is 16.3. The van der Waals surface area contributed by atoms with E-state index in [1.165, 1.54) is 257 Å². The van der Waals surface area contributed by atoms with E-state index in [0.717, 1.165) is 51.4 Å². The van der Waals surface area contributed by atoms with Gasteiger partial charge in [-0.05, 0) is 44.9 Å². The number of unbranched alkanes of at least 4 members (excludes halogenated alkanes) is 44. The summed E-state index contributed by atoms with van der Waals surface area (Å²) >= 11 is 0. The predicted octanol–water partition coefficient (Wildman–Crippen LogP) is 16.8. The van der Waals surface area contributed by atoms with E-state index < -0.39 is 49.5 Å². The standard InChI is InChI=1S/C68H129NO10/c1-3-5-7-9-11-13-15-35-38-42-46-50-54-61(71)60(59-78-68-67(76)66(75)65(74)62(58-70)79-68)69-63(72)55-51-47-43-39-36-32-30-28-26-24-22-20-18-16-17-19-21-23-25-27-29-31-33-37-41-45-49-53-57-77-64(73)56-52-48-44-40-34-14-12-10-8-6-4-2/h35,38,50,54,60-62,65-68,70-71,74-76H,3-34,36-37,39-49,51-53,55-59H2,1-2H3,(H,69,72)/b38-35+,54-50+. The highest BCUT2D eigenvalue weighted by atomic mass is 16.7. The van der Waals surface area contributed by atoms with E-state index in [0.29, 0.717) is 19.4 Å². The van der Waals surface area contributed by atoms with E-state index in [-0.39, 0.29) is 18.5 Å². The van der Waals surface area contributed by atoms with Crippen molar-refractivity contribution in [1.29, 1.82) is 0 Å². The molecule has 0 radical (unpaired) electrons. The molecule has 1 saturated heterocycles. The summed E-state index contributed by atoms with van der Waals surface area (Å²) in [5.41, 5.74) is 0. The average molecular weight is 1120 g/mol. The van der Waals surface area contributed by atoms with Crippen LogP contribution >= 0.6 is 0 Å². The van der Waals surface area contributed by atoms with Crippen LogP contribution in [0.15, 0.2) is 24.3 Å². The fourth-order valence-corrected chi connectivity index (χ4v) is 10.9. The lowest BCUT2D eigenvalue weighted by atomic mass is 9.99. The third-order valence-electron chi connectivity index (χ3n) is 16.3. The Kier molecular flexibility index (Phi) is 55.1. The maximum absolute atomic E-state index is 13.0. The average Bonchev–Trinajstić information content (AvgIpc) is 3.48. The van der Waals surface area contributed by atoms with Gasteiger partial charge < -0.3 is 45.1 Å². The molecule has 0 aromatic heterocycles. The molecule has 1 amide bonds. The van der Waals surface area contributed by atoms with E-state index in [4.69, 9.17) is 14.2 Å². The van der Waals surface area contributed by atoms with Gasteiger partial charge in [0, 0.05) is 12.8 Å². The van der Waals surface area contributed by atoms with Crippen LogP contribution in [0.2, 0.25) is 0 Å². The van der Waals surface area contributed by atoms with Crippen LogP contribution in [0.1, 0.15) is 335 Å².